The number of hydrogen-bond donors (Lipinski definition) is 2. The third-order valence-electron chi connectivity index (χ3n) is 4.08. The molecule has 0 aliphatic heterocycles. The summed E-state index contributed by atoms with van der Waals surface area (Å²) in [5.41, 5.74) is 5.30. The normalized spacial score (nSPS) is 24.2. The molecule has 1 aliphatic rings. The first kappa shape index (κ1) is 12.9. The minimum absolute atomic E-state index is 0.144. The van der Waals surface area contributed by atoms with E-state index in [1.807, 2.05) is 37.3 Å². The van der Waals surface area contributed by atoms with E-state index in [0.717, 1.165) is 11.1 Å². The van der Waals surface area contributed by atoms with E-state index >= 15 is 0 Å². The Bertz CT molecular complexity index is 607. The minimum Gasteiger partial charge on any atom is -0.289 e. The van der Waals surface area contributed by atoms with Crippen LogP contribution in [0, 0.1) is 12.8 Å². The van der Waals surface area contributed by atoms with E-state index in [1.54, 1.807) is 5.48 Å². The molecular weight excluding hydrogens is 250 g/mol. The van der Waals surface area contributed by atoms with E-state index in [0.29, 0.717) is 0 Å². The lowest BCUT2D eigenvalue weighted by Crippen LogP contribution is -2.21. The van der Waals surface area contributed by atoms with Gasteiger partial charge in [0.1, 0.15) is 0 Å². The van der Waals surface area contributed by atoms with Gasteiger partial charge in [0.15, 0.2) is 0 Å². The van der Waals surface area contributed by atoms with Gasteiger partial charge in [-0.25, -0.2) is 5.48 Å². The number of amides is 1. The summed E-state index contributed by atoms with van der Waals surface area (Å²) in [4.78, 5) is 11.8. The minimum atomic E-state index is -0.301. The summed E-state index contributed by atoms with van der Waals surface area (Å²) < 4.78 is 0. The number of rotatable bonds is 3. The van der Waals surface area contributed by atoms with Crippen molar-refractivity contribution in [3.05, 3.63) is 71.3 Å². The summed E-state index contributed by atoms with van der Waals surface area (Å²) in [6.07, 6.45) is 0. The van der Waals surface area contributed by atoms with Crippen molar-refractivity contribution in [1.82, 2.24) is 5.48 Å². The van der Waals surface area contributed by atoms with E-state index in [9.17, 15) is 4.79 Å². The molecule has 1 saturated carbocycles. The molecule has 0 bridgehead atoms. The molecule has 3 heteroatoms. The highest BCUT2D eigenvalue weighted by Gasteiger charge is 2.55. The second-order valence-corrected chi connectivity index (χ2v) is 5.37. The second-order valence-electron chi connectivity index (χ2n) is 5.37. The SMILES string of the molecule is Cc1ccc(C2C(C(=O)NO)C2c2ccccc2)cc1. The maximum Gasteiger partial charge on any atom is 0.247 e. The summed E-state index contributed by atoms with van der Waals surface area (Å²) in [6.45, 7) is 2.04. The molecule has 0 heterocycles. The first-order valence-electron chi connectivity index (χ1n) is 6.78. The van der Waals surface area contributed by atoms with Crippen molar-refractivity contribution in [3.63, 3.8) is 0 Å². The van der Waals surface area contributed by atoms with Crippen LogP contribution in [0.4, 0.5) is 0 Å². The first-order chi connectivity index (χ1) is 9.72. The average Bonchev–Trinajstić information content (AvgIpc) is 3.23. The Morgan fingerprint density at radius 1 is 0.950 bits per heavy atom. The third kappa shape index (κ3) is 2.21. The summed E-state index contributed by atoms with van der Waals surface area (Å²) in [7, 11) is 0. The summed E-state index contributed by atoms with van der Waals surface area (Å²) in [5, 5.41) is 8.92. The Labute approximate surface area is 118 Å². The number of nitrogens with one attached hydrogen (secondary N) is 1. The van der Waals surface area contributed by atoms with E-state index < -0.39 is 0 Å². The quantitative estimate of drug-likeness (QED) is 0.663. The highest BCUT2D eigenvalue weighted by molar-refractivity contribution is 5.84. The molecule has 0 spiro atoms. The molecule has 102 valence electrons. The molecule has 0 saturated heterocycles. The molecule has 1 aliphatic carbocycles. The van der Waals surface area contributed by atoms with Crippen molar-refractivity contribution in [1.29, 1.82) is 0 Å². The van der Waals surface area contributed by atoms with Crippen LogP contribution in [0.25, 0.3) is 0 Å². The van der Waals surface area contributed by atoms with Gasteiger partial charge < -0.3 is 0 Å². The zero-order valence-corrected chi connectivity index (χ0v) is 11.3. The predicted octanol–water partition coefficient (Wildman–Crippen LogP) is 3.00. The van der Waals surface area contributed by atoms with Gasteiger partial charge in [0, 0.05) is 11.8 Å². The molecule has 3 nitrogen and oxygen atoms in total. The van der Waals surface area contributed by atoms with Crippen LogP contribution in [0.2, 0.25) is 0 Å². The first-order valence-corrected chi connectivity index (χ1v) is 6.78. The van der Waals surface area contributed by atoms with Gasteiger partial charge in [-0.15, -0.1) is 0 Å². The standard InChI is InChI=1S/C17H17NO2/c1-11-7-9-13(10-8-11)15-14(16(15)17(19)18-20)12-5-3-2-4-6-12/h2-10,14-16,20H,1H3,(H,18,19). The van der Waals surface area contributed by atoms with Gasteiger partial charge >= 0.3 is 0 Å². The molecule has 2 aromatic carbocycles. The van der Waals surface area contributed by atoms with Crippen molar-refractivity contribution in [2.45, 2.75) is 18.8 Å². The van der Waals surface area contributed by atoms with Gasteiger partial charge in [0.25, 0.3) is 0 Å². The van der Waals surface area contributed by atoms with Crippen LogP contribution in [0.15, 0.2) is 54.6 Å². The van der Waals surface area contributed by atoms with Crippen molar-refractivity contribution in [3.8, 4) is 0 Å². The summed E-state index contributed by atoms with van der Waals surface area (Å²) in [6, 6.07) is 18.3. The Balaban J connectivity index is 1.92. The Kier molecular flexibility index (Phi) is 3.28. The van der Waals surface area contributed by atoms with E-state index in [2.05, 4.69) is 24.3 Å². The molecule has 1 fully saturated rings. The maximum atomic E-state index is 11.8. The smallest absolute Gasteiger partial charge is 0.247 e. The zero-order chi connectivity index (χ0) is 14.1. The molecule has 0 aromatic heterocycles. The van der Waals surface area contributed by atoms with Gasteiger partial charge in [0.2, 0.25) is 5.91 Å². The fourth-order valence-corrected chi connectivity index (χ4v) is 3.00. The van der Waals surface area contributed by atoms with E-state index in [-0.39, 0.29) is 23.7 Å². The fraction of sp³-hybridized carbons (Fsp3) is 0.235. The lowest BCUT2D eigenvalue weighted by atomic mass is 10.0. The number of hydrogen-bond acceptors (Lipinski definition) is 2. The van der Waals surface area contributed by atoms with Crippen LogP contribution in [0.5, 0.6) is 0 Å². The van der Waals surface area contributed by atoms with Crippen molar-refractivity contribution < 1.29 is 10.0 Å². The predicted molar refractivity (Wildman–Crippen MR) is 76.5 cm³/mol. The molecule has 2 aromatic rings. The summed E-state index contributed by atoms with van der Waals surface area (Å²) in [5.74, 6) is -0.203. The Hall–Kier alpha value is -2.13. The van der Waals surface area contributed by atoms with Crippen LogP contribution in [0.1, 0.15) is 28.5 Å². The third-order valence-corrected chi connectivity index (χ3v) is 4.08. The molecule has 3 atom stereocenters. The second kappa shape index (κ2) is 5.10. The largest absolute Gasteiger partial charge is 0.289 e. The summed E-state index contributed by atoms with van der Waals surface area (Å²) >= 11 is 0. The van der Waals surface area contributed by atoms with Gasteiger partial charge in [-0.3, -0.25) is 10.0 Å². The molecular formula is C17H17NO2. The lowest BCUT2D eigenvalue weighted by Gasteiger charge is -2.01. The highest BCUT2D eigenvalue weighted by Crippen LogP contribution is 2.60. The Morgan fingerprint density at radius 3 is 2.05 bits per heavy atom. The lowest BCUT2D eigenvalue weighted by molar-refractivity contribution is -0.130. The molecule has 2 N–H and O–H groups in total. The maximum absolute atomic E-state index is 11.8. The van der Waals surface area contributed by atoms with Crippen LogP contribution < -0.4 is 5.48 Å². The van der Waals surface area contributed by atoms with Crippen LogP contribution in [-0.2, 0) is 4.79 Å². The Morgan fingerprint density at radius 2 is 1.50 bits per heavy atom. The number of carbonyl (C=O) groups is 1. The molecule has 1 amide bonds. The van der Waals surface area contributed by atoms with Gasteiger partial charge in [-0.1, -0.05) is 60.2 Å². The van der Waals surface area contributed by atoms with Gasteiger partial charge in [-0.2, -0.15) is 0 Å². The van der Waals surface area contributed by atoms with Gasteiger partial charge in [0.05, 0.1) is 5.92 Å². The van der Waals surface area contributed by atoms with Gasteiger partial charge in [-0.05, 0) is 18.1 Å². The van der Waals surface area contributed by atoms with E-state index in [1.165, 1.54) is 5.56 Å². The number of aryl methyl sites for hydroxylation is 1. The van der Waals surface area contributed by atoms with Crippen LogP contribution in [-0.4, -0.2) is 11.1 Å². The molecule has 3 rings (SSSR count). The molecule has 3 unspecified atom stereocenters. The molecule has 0 radical (unpaired) electrons. The number of carbonyl (C=O) groups excluding carboxylic acids is 1. The zero-order valence-electron chi connectivity index (χ0n) is 11.3. The van der Waals surface area contributed by atoms with Crippen molar-refractivity contribution >= 4 is 5.91 Å². The highest BCUT2D eigenvalue weighted by atomic mass is 16.5. The van der Waals surface area contributed by atoms with Crippen LogP contribution in [0.3, 0.4) is 0 Å². The topological polar surface area (TPSA) is 49.3 Å². The molecule has 20 heavy (non-hydrogen) atoms. The monoisotopic (exact) mass is 267 g/mol. The number of hydroxylamine groups is 1. The van der Waals surface area contributed by atoms with Crippen molar-refractivity contribution in [2.24, 2.45) is 5.92 Å². The van der Waals surface area contributed by atoms with E-state index in [4.69, 9.17) is 5.21 Å². The van der Waals surface area contributed by atoms with Crippen LogP contribution >= 0.6 is 0 Å². The average molecular weight is 267 g/mol. The fourth-order valence-electron chi connectivity index (χ4n) is 3.00. The number of benzene rings is 2. The van der Waals surface area contributed by atoms with Crippen molar-refractivity contribution in [2.75, 3.05) is 0 Å².